The number of carbonyl (C=O) groups excluding carboxylic acids is 2. The Morgan fingerprint density at radius 2 is 1.71 bits per heavy atom. The van der Waals surface area contributed by atoms with Crippen molar-refractivity contribution < 1.29 is 19.1 Å². The summed E-state index contributed by atoms with van der Waals surface area (Å²) in [5.74, 6) is 0.887. The van der Waals surface area contributed by atoms with Crippen LogP contribution in [0.4, 0.5) is 0 Å². The van der Waals surface area contributed by atoms with Gasteiger partial charge in [-0.2, -0.15) is 0 Å². The van der Waals surface area contributed by atoms with Crippen LogP contribution in [-0.4, -0.2) is 30.9 Å². The van der Waals surface area contributed by atoms with Gasteiger partial charge in [0.2, 0.25) is 11.8 Å². The molecule has 1 saturated heterocycles. The van der Waals surface area contributed by atoms with Crippen LogP contribution in [0.5, 0.6) is 11.5 Å². The first-order valence-electron chi connectivity index (χ1n) is 6.98. The molecule has 1 aromatic rings. The number of hydrogen-bond acceptors (Lipinski definition) is 4. The van der Waals surface area contributed by atoms with Crippen LogP contribution in [0.15, 0.2) is 18.2 Å². The number of piperidine rings is 1. The van der Waals surface area contributed by atoms with E-state index in [4.69, 9.17) is 9.47 Å². The molecule has 1 aliphatic carbocycles. The van der Waals surface area contributed by atoms with Crippen LogP contribution in [0, 0.1) is 17.3 Å². The molecule has 5 heteroatoms. The minimum Gasteiger partial charge on any atom is -0.497 e. The van der Waals surface area contributed by atoms with Gasteiger partial charge in [-0.25, -0.2) is 0 Å². The summed E-state index contributed by atoms with van der Waals surface area (Å²) >= 11 is 0. The van der Waals surface area contributed by atoms with Crippen molar-refractivity contribution in [3.8, 4) is 11.5 Å². The fraction of sp³-hybridized carbons (Fsp3) is 0.500. The lowest BCUT2D eigenvalue weighted by Gasteiger charge is -2.21. The van der Waals surface area contributed by atoms with Crippen molar-refractivity contribution in [1.29, 1.82) is 0 Å². The second-order valence-electron chi connectivity index (χ2n) is 6.22. The van der Waals surface area contributed by atoms with E-state index in [-0.39, 0.29) is 35.6 Å². The summed E-state index contributed by atoms with van der Waals surface area (Å²) in [7, 11) is 3.14. The Bertz CT molecular complexity index is 599. The lowest BCUT2D eigenvalue weighted by Crippen LogP contribution is -2.35. The first-order valence-corrected chi connectivity index (χ1v) is 6.98. The van der Waals surface area contributed by atoms with E-state index in [9.17, 15) is 9.59 Å². The number of hydrogen-bond donors (Lipinski definition) is 0. The van der Waals surface area contributed by atoms with E-state index < -0.39 is 0 Å². The smallest absolute Gasteiger partial charge is 0.233 e. The van der Waals surface area contributed by atoms with Crippen LogP contribution in [0.1, 0.15) is 19.4 Å². The van der Waals surface area contributed by atoms with E-state index in [1.165, 1.54) is 4.90 Å². The number of fused-ring (bicyclic) bond motifs is 1. The number of amides is 2. The molecule has 1 aliphatic heterocycles. The Morgan fingerprint density at radius 1 is 1.10 bits per heavy atom. The van der Waals surface area contributed by atoms with E-state index in [1.807, 2.05) is 19.9 Å². The lowest BCUT2D eigenvalue weighted by atomic mass is 10.0. The number of nitrogens with zero attached hydrogens (tertiary/aromatic N) is 1. The lowest BCUT2D eigenvalue weighted by molar-refractivity contribution is -0.143. The maximum Gasteiger partial charge on any atom is 0.233 e. The predicted molar refractivity (Wildman–Crippen MR) is 75.9 cm³/mol. The number of methoxy groups -OCH3 is 2. The Kier molecular flexibility index (Phi) is 2.97. The molecule has 0 spiro atoms. The zero-order chi connectivity index (χ0) is 15.4. The second-order valence-corrected chi connectivity index (χ2v) is 6.22. The number of rotatable bonds is 4. The summed E-state index contributed by atoms with van der Waals surface area (Å²) < 4.78 is 10.5. The Labute approximate surface area is 123 Å². The average Bonchev–Trinajstić information content (AvgIpc) is 2.94. The van der Waals surface area contributed by atoms with Crippen molar-refractivity contribution in [3.05, 3.63) is 23.8 Å². The normalized spacial score (nSPS) is 25.8. The first-order chi connectivity index (χ1) is 9.91. The quantitative estimate of drug-likeness (QED) is 0.794. The summed E-state index contributed by atoms with van der Waals surface area (Å²) in [5, 5.41) is 0. The van der Waals surface area contributed by atoms with Crippen molar-refractivity contribution in [3.63, 3.8) is 0 Å². The van der Waals surface area contributed by atoms with Crippen molar-refractivity contribution >= 4 is 11.8 Å². The van der Waals surface area contributed by atoms with Crippen LogP contribution in [-0.2, 0) is 16.1 Å². The maximum atomic E-state index is 12.3. The molecule has 3 rings (SSSR count). The van der Waals surface area contributed by atoms with Crippen molar-refractivity contribution in [2.24, 2.45) is 17.3 Å². The number of carbonyl (C=O) groups is 2. The molecular formula is C16H19NO4. The Morgan fingerprint density at radius 3 is 2.24 bits per heavy atom. The first kappa shape index (κ1) is 13.9. The van der Waals surface area contributed by atoms with Gasteiger partial charge in [-0.15, -0.1) is 0 Å². The van der Waals surface area contributed by atoms with E-state index in [1.54, 1.807) is 26.4 Å². The standard InChI is InChI=1S/C16H19NO4/c1-16(2)12-13(16)15(19)17(14(12)18)8-9-5-6-10(20-3)7-11(9)21-4/h5-7,12-13H,8H2,1-4H3. The third-order valence-electron chi connectivity index (χ3n) is 4.71. The molecule has 2 aliphatic rings. The van der Waals surface area contributed by atoms with Gasteiger partial charge in [-0.05, 0) is 17.5 Å². The second kappa shape index (κ2) is 4.48. The third-order valence-corrected chi connectivity index (χ3v) is 4.71. The highest BCUT2D eigenvalue weighted by atomic mass is 16.5. The van der Waals surface area contributed by atoms with Crippen LogP contribution in [0.3, 0.4) is 0 Å². The fourth-order valence-corrected chi connectivity index (χ4v) is 3.31. The molecule has 1 saturated carbocycles. The maximum absolute atomic E-state index is 12.3. The number of benzene rings is 1. The monoisotopic (exact) mass is 289 g/mol. The third kappa shape index (κ3) is 1.91. The molecule has 2 fully saturated rings. The molecule has 1 aromatic carbocycles. The van der Waals surface area contributed by atoms with Gasteiger partial charge in [-0.3, -0.25) is 14.5 Å². The molecule has 2 amide bonds. The fourth-order valence-electron chi connectivity index (χ4n) is 3.31. The molecule has 5 nitrogen and oxygen atoms in total. The van der Waals surface area contributed by atoms with Gasteiger partial charge in [0.05, 0.1) is 32.6 Å². The van der Waals surface area contributed by atoms with Crippen LogP contribution >= 0.6 is 0 Å². The Balaban J connectivity index is 1.83. The van der Waals surface area contributed by atoms with Gasteiger partial charge in [0.25, 0.3) is 0 Å². The van der Waals surface area contributed by atoms with Gasteiger partial charge in [0.15, 0.2) is 0 Å². The summed E-state index contributed by atoms with van der Waals surface area (Å²) in [6, 6.07) is 5.38. The van der Waals surface area contributed by atoms with E-state index in [0.717, 1.165) is 5.56 Å². The summed E-state index contributed by atoms with van der Waals surface area (Å²) in [4.78, 5) is 26.0. The minimum absolute atomic E-state index is 0.0622. The molecular weight excluding hydrogens is 270 g/mol. The van der Waals surface area contributed by atoms with Gasteiger partial charge < -0.3 is 9.47 Å². The molecule has 112 valence electrons. The largest absolute Gasteiger partial charge is 0.497 e. The van der Waals surface area contributed by atoms with Gasteiger partial charge in [0.1, 0.15) is 11.5 Å². The van der Waals surface area contributed by atoms with Gasteiger partial charge >= 0.3 is 0 Å². The van der Waals surface area contributed by atoms with Gasteiger partial charge in [0, 0.05) is 11.6 Å². The SMILES string of the molecule is COc1ccc(CN2C(=O)C3C(C2=O)C3(C)C)c(OC)c1. The molecule has 0 bridgehead atoms. The highest BCUT2D eigenvalue weighted by Crippen LogP contribution is 2.63. The zero-order valence-corrected chi connectivity index (χ0v) is 12.7. The van der Waals surface area contributed by atoms with Crippen molar-refractivity contribution in [1.82, 2.24) is 4.90 Å². The van der Waals surface area contributed by atoms with Crippen LogP contribution in [0.2, 0.25) is 0 Å². The minimum atomic E-state index is -0.172. The molecule has 2 unspecified atom stereocenters. The average molecular weight is 289 g/mol. The highest BCUT2D eigenvalue weighted by Gasteiger charge is 2.72. The molecule has 21 heavy (non-hydrogen) atoms. The predicted octanol–water partition coefficient (Wildman–Crippen LogP) is 1.84. The van der Waals surface area contributed by atoms with Crippen LogP contribution < -0.4 is 9.47 Å². The van der Waals surface area contributed by atoms with Crippen molar-refractivity contribution in [2.75, 3.05) is 14.2 Å². The number of imide groups is 1. The zero-order valence-electron chi connectivity index (χ0n) is 12.7. The van der Waals surface area contributed by atoms with Crippen molar-refractivity contribution in [2.45, 2.75) is 20.4 Å². The topological polar surface area (TPSA) is 55.8 Å². The Hall–Kier alpha value is -2.04. The van der Waals surface area contributed by atoms with Crippen LogP contribution in [0.25, 0.3) is 0 Å². The molecule has 1 heterocycles. The summed E-state index contributed by atoms with van der Waals surface area (Å²) in [5.41, 5.74) is 0.633. The highest BCUT2D eigenvalue weighted by molar-refractivity contribution is 6.10. The summed E-state index contributed by atoms with van der Waals surface area (Å²) in [6.45, 7) is 4.21. The molecule has 0 aromatic heterocycles. The number of ether oxygens (including phenoxy) is 2. The number of likely N-dealkylation sites (tertiary alicyclic amines) is 1. The summed E-state index contributed by atoms with van der Waals surface area (Å²) in [6.07, 6.45) is 0. The molecule has 2 atom stereocenters. The van der Waals surface area contributed by atoms with E-state index >= 15 is 0 Å². The van der Waals surface area contributed by atoms with Gasteiger partial charge in [-0.1, -0.05) is 13.8 Å². The molecule has 0 N–H and O–H groups in total. The van der Waals surface area contributed by atoms with E-state index in [2.05, 4.69) is 0 Å². The van der Waals surface area contributed by atoms with E-state index in [0.29, 0.717) is 11.5 Å². The molecule has 0 radical (unpaired) electrons.